The predicted octanol–water partition coefficient (Wildman–Crippen LogP) is 5.19. The first-order chi connectivity index (χ1) is 13.4. The van der Waals surface area contributed by atoms with Crippen molar-refractivity contribution in [2.75, 3.05) is 13.2 Å². The summed E-state index contributed by atoms with van der Waals surface area (Å²) in [6, 6.07) is 5.56. The molecule has 0 heterocycles. The van der Waals surface area contributed by atoms with Crippen molar-refractivity contribution in [3.05, 3.63) is 23.8 Å². The van der Waals surface area contributed by atoms with E-state index >= 15 is 0 Å². The molecule has 0 saturated heterocycles. The largest absolute Gasteiger partial charge is 0.508 e. The molecule has 0 spiro atoms. The third kappa shape index (κ3) is 8.00. The predicted molar refractivity (Wildman–Crippen MR) is 116 cm³/mol. The van der Waals surface area contributed by atoms with Crippen LogP contribution in [0.5, 0.6) is 11.5 Å². The van der Waals surface area contributed by atoms with Crippen LogP contribution in [0.1, 0.15) is 83.6 Å². The monoisotopic (exact) mass is 391 g/mol. The zero-order chi connectivity index (χ0) is 20.4. The van der Waals surface area contributed by atoms with Crippen molar-refractivity contribution in [2.45, 2.75) is 90.0 Å². The molecule has 0 aromatic heterocycles. The van der Waals surface area contributed by atoms with Crippen LogP contribution >= 0.6 is 0 Å². The second-order valence-corrected chi connectivity index (χ2v) is 9.26. The lowest BCUT2D eigenvalue weighted by atomic mass is 9.75. The van der Waals surface area contributed by atoms with E-state index in [0.29, 0.717) is 25.4 Å². The number of aryl methyl sites for hydroxylation is 1. The molecule has 1 unspecified atom stereocenters. The van der Waals surface area contributed by atoms with Gasteiger partial charge in [-0.25, -0.2) is 0 Å². The summed E-state index contributed by atoms with van der Waals surface area (Å²) >= 11 is 0. The number of rotatable bonds is 14. The molecule has 0 radical (unpaired) electrons. The fraction of sp³-hybridized carbons (Fsp3) is 0.750. The topological polar surface area (TPSA) is 75.7 Å². The molecule has 1 saturated carbocycles. The first kappa shape index (κ1) is 23.0. The third-order valence-electron chi connectivity index (χ3n) is 6.13. The number of phenolic OH excluding ortho intramolecular Hbond substituents is 1. The number of hydrogen-bond donors (Lipinski definition) is 3. The highest BCUT2D eigenvalue weighted by molar-refractivity contribution is 5.39. The third-order valence-corrected chi connectivity index (χ3v) is 6.13. The van der Waals surface area contributed by atoms with Gasteiger partial charge in [0.05, 0.1) is 13.2 Å². The molecule has 0 amide bonds. The summed E-state index contributed by atoms with van der Waals surface area (Å²) in [7, 11) is 0. The van der Waals surface area contributed by atoms with Crippen LogP contribution in [0.2, 0.25) is 0 Å². The van der Waals surface area contributed by atoms with Crippen LogP contribution in [-0.2, 0) is 6.42 Å². The van der Waals surface area contributed by atoms with Gasteiger partial charge in [-0.3, -0.25) is 0 Å². The second-order valence-electron chi connectivity index (χ2n) is 9.26. The molecule has 1 aromatic rings. The lowest BCUT2D eigenvalue weighted by Crippen LogP contribution is -2.46. The smallest absolute Gasteiger partial charge is 0.122 e. The molecule has 4 heteroatoms. The lowest BCUT2D eigenvalue weighted by Gasteiger charge is -2.35. The normalized spacial score (nSPS) is 16.8. The Kier molecular flexibility index (Phi) is 9.60. The van der Waals surface area contributed by atoms with Gasteiger partial charge < -0.3 is 20.7 Å². The Morgan fingerprint density at radius 2 is 1.93 bits per heavy atom. The van der Waals surface area contributed by atoms with Gasteiger partial charge >= 0.3 is 0 Å². The first-order valence-corrected chi connectivity index (χ1v) is 11.3. The summed E-state index contributed by atoms with van der Waals surface area (Å²) in [5, 5.41) is 20.1. The van der Waals surface area contributed by atoms with Crippen LogP contribution in [0.15, 0.2) is 18.2 Å². The minimum Gasteiger partial charge on any atom is -0.508 e. The minimum atomic E-state index is -0.539. The number of unbranched alkanes of at least 4 members (excludes halogenated alkanes) is 3. The van der Waals surface area contributed by atoms with Crippen molar-refractivity contribution in [3.8, 4) is 11.5 Å². The molecule has 1 aromatic carbocycles. The summed E-state index contributed by atoms with van der Waals surface area (Å²) in [5.41, 5.74) is 6.74. The van der Waals surface area contributed by atoms with Gasteiger partial charge in [-0.15, -0.1) is 0 Å². The van der Waals surface area contributed by atoms with Gasteiger partial charge in [0.15, 0.2) is 0 Å². The summed E-state index contributed by atoms with van der Waals surface area (Å²) in [4.78, 5) is 0. The standard InChI is InChI=1S/C24H41NO3/c1-19(2)8-5-3-4-6-15-28-22-12-11-21(23(27)16-22)13-14-24(25,18-26)17-20-9-7-10-20/h11-12,16,19-20,26-27H,3-10,13-15,17-18,25H2,1-2H3. The van der Waals surface area contributed by atoms with Crippen LogP contribution in [0.3, 0.4) is 0 Å². The zero-order valence-corrected chi connectivity index (χ0v) is 18.0. The first-order valence-electron chi connectivity index (χ1n) is 11.3. The van der Waals surface area contributed by atoms with Gasteiger partial charge in [-0.2, -0.15) is 0 Å². The van der Waals surface area contributed by atoms with E-state index in [-0.39, 0.29) is 12.4 Å². The Hall–Kier alpha value is -1.26. The van der Waals surface area contributed by atoms with Gasteiger partial charge in [-0.1, -0.05) is 64.9 Å². The number of aliphatic hydroxyl groups is 1. The molecule has 1 atom stereocenters. The number of aliphatic hydroxyl groups excluding tert-OH is 1. The maximum atomic E-state index is 10.3. The van der Waals surface area contributed by atoms with Crippen LogP contribution in [0.25, 0.3) is 0 Å². The molecule has 1 fully saturated rings. The van der Waals surface area contributed by atoms with Crippen molar-refractivity contribution in [1.29, 1.82) is 0 Å². The molecule has 4 N–H and O–H groups in total. The fourth-order valence-electron chi connectivity index (χ4n) is 3.94. The van der Waals surface area contributed by atoms with E-state index in [0.717, 1.165) is 30.1 Å². The van der Waals surface area contributed by atoms with E-state index < -0.39 is 5.54 Å². The molecule has 160 valence electrons. The molecule has 2 rings (SSSR count). The summed E-state index contributed by atoms with van der Waals surface area (Å²) in [5.74, 6) is 2.43. The highest BCUT2D eigenvalue weighted by Gasteiger charge is 2.31. The summed E-state index contributed by atoms with van der Waals surface area (Å²) in [6.07, 6.45) is 12.1. The number of benzene rings is 1. The Labute approximate surface area is 171 Å². The number of hydrogen-bond acceptors (Lipinski definition) is 4. The lowest BCUT2D eigenvalue weighted by molar-refractivity contribution is 0.135. The zero-order valence-electron chi connectivity index (χ0n) is 18.0. The number of phenols is 1. The number of nitrogens with two attached hydrogens (primary N) is 1. The SMILES string of the molecule is CC(C)CCCCCCOc1ccc(CCC(N)(CO)CC2CCC2)c(O)c1. The van der Waals surface area contributed by atoms with Crippen molar-refractivity contribution in [1.82, 2.24) is 0 Å². The van der Waals surface area contributed by atoms with Crippen LogP contribution < -0.4 is 10.5 Å². The fourth-order valence-corrected chi connectivity index (χ4v) is 3.94. The second kappa shape index (κ2) is 11.7. The number of ether oxygens (including phenoxy) is 1. The number of aromatic hydroxyl groups is 1. The van der Waals surface area contributed by atoms with Gasteiger partial charge in [-0.05, 0) is 49.1 Å². The molecular formula is C24H41NO3. The molecular weight excluding hydrogens is 350 g/mol. The molecule has 4 nitrogen and oxygen atoms in total. The van der Waals surface area contributed by atoms with Crippen molar-refractivity contribution in [2.24, 2.45) is 17.6 Å². The van der Waals surface area contributed by atoms with E-state index in [1.807, 2.05) is 12.1 Å². The molecule has 0 aliphatic heterocycles. The van der Waals surface area contributed by atoms with E-state index in [4.69, 9.17) is 10.5 Å². The molecule has 1 aliphatic rings. The van der Waals surface area contributed by atoms with E-state index in [2.05, 4.69) is 13.8 Å². The van der Waals surface area contributed by atoms with E-state index in [1.54, 1.807) is 6.07 Å². The van der Waals surface area contributed by atoms with Gasteiger partial charge in [0, 0.05) is 11.6 Å². The maximum Gasteiger partial charge on any atom is 0.122 e. The van der Waals surface area contributed by atoms with Crippen molar-refractivity contribution < 1.29 is 14.9 Å². The summed E-state index contributed by atoms with van der Waals surface area (Å²) < 4.78 is 5.79. The van der Waals surface area contributed by atoms with E-state index in [1.165, 1.54) is 44.9 Å². The van der Waals surface area contributed by atoms with Crippen molar-refractivity contribution in [3.63, 3.8) is 0 Å². The van der Waals surface area contributed by atoms with Crippen LogP contribution in [0, 0.1) is 11.8 Å². The Bertz CT molecular complexity index is 571. The van der Waals surface area contributed by atoms with E-state index in [9.17, 15) is 10.2 Å². The Balaban J connectivity index is 1.70. The van der Waals surface area contributed by atoms with Gasteiger partial charge in [0.2, 0.25) is 0 Å². The average Bonchev–Trinajstić information content (AvgIpc) is 2.63. The molecule has 0 bridgehead atoms. The summed E-state index contributed by atoms with van der Waals surface area (Å²) in [6.45, 7) is 5.23. The average molecular weight is 392 g/mol. The Morgan fingerprint density at radius 3 is 2.54 bits per heavy atom. The van der Waals surface area contributed by atoms with Crippen LogP contribution in [0.4, 0.5) is 0 Å². The Morgan fingerprint density at radius 1 is 1.18 bits per heavy atom. The molecule has 1 aliphatic carbocycles. The highest BCUT2D eigenvalue weighted by Crippen LogP contribution is 2.35. The van der Waals surface area contributed by atoms with Crippen LogP contribution in [-0.4, -0.2) is 29.0 Å². The van der Waals surface area contributed by atoms with Crippen molar-refractivity contribution >= 4 is 0 Å². The molecule has 28 heavy (non-hydrogen) atoms. The van der Waals surface area contributed by atoms with Gasteiger partial charge in [0.25, 0.3) is 0 Å². The maximum absolute atomic E-state index is 10.3. The van der Waals surface area contributed by atoms with Gasteiger partial charge in [0.1, 0.15) is 11.5 Å². The quantitative estimate of drug-likeness (QED) is 0.381. The highest BCUT2D eigenvalue weighted by atomic mass is 16.5. The minimum absolute atomic E-state index is 0.00260.